The number of fused-ring (bicyclic) bond motifs is 1. The number of hydrogen-bond acceptors (Lipinski definition) is 2. The van der Waals surface area contributed by atoms with Gasteiger partial charge in [-0.15, -0.1) is 11.3 Å². The first-order chi connectivity index (χ1) is 5.83. The van der Waals surface area contributed by atoms with Crippen LogP contribution in [0.4, 0.5) is 0 Å². The summed E-state index contributed by atoms with van der Waals surface area (Å²) in [5, 5.41) is 5.29. The van der Waals surface area contributed by atoms with Crippen molar-refractivity contribution < 1.29 is 0 Å². The predicted octanol–water partition coefficient (Wildman–Crippen LogP) is 1.96. The Morgan fingerprint density at radius 2 is 2.42 bits per heavy atom. The number of thiophene rings is 1. The number of hydrogen-bond donors (Lipinski definition) is 1. The number of nitrogens with zero attached hydrogens (tertiary/aromatic N) is 1. The van der Waals surface area contributed by atoms with E-state index >= 15 is 0 Å². The highest BCUT2D eigenvalue weighted by Gasteiger charge is 2.04. The SMILES string of the molecule is CNCc1cc2sccc2n1C. The van der Waals surface area contributed by atoms with Crippen molar-refractivity contribution in [2.75, 3.05) is 7.05 Å². The van der Waals surface area contributed by atoms with Crippen molar-refractivity contribution in [3.8, 4) is 0 Å². The summed E-state index contributed by atoms with van der Waals surface area (Å²) in [6, 6.07) is 4.41. The maximum Gasteiger partial charge on any atom is 0.0589 e. The molecule has 0 saturated carbocycles. The van der Waals surface area contributed by atoms with Crippen molar-refractivity contribution in [2.24, 2.45) is 7.05 Å². The third kappa shape index (κ3) is 1.06. The van der Waals surface area contributed by atoms with E-state index in [-0.39, 0.29) is 0 Å². The van der Waals surface area contributed by atoms with Crippen LogP contribution in [0.3, 0.4) is 0 Å². The van der Waals surface area contributed by atoms with Gasteiger partial charge < -0.3 is 9.88 Å². The number of aromatic nitrogens is 1. The Morgan fingerprint density at radius 3 is 3.08 bits per heavy atom. The average molecular weight is 180 g/mol. The minimum absolute atomic E-state index is 0.942. The summed E-state index contributed by atoms with van der Waals surface area (Å²) in [7, 11) is 4.09. The normalized spacial score (nSPS) is 11.2. The second kappa shape index (κ2) is 2.92. The van der Waals surface area contributed by atoms with Crippen LogP contribution in [-0.2, 0) is 13.6 Å². The van der Waals surface area contributed by atoms with Gasteiger partial charge in [-0.2, -0.15) is 0 Å². The zero-order valence-corrected chi connectivity index (χ0v) is 8.11. The molecule has 0 amide bonds. The molecule has 3 heteroatoms. The zero-order valence-electron chi connectivity index (χ0n) is 7.29. The van der Waals surface area contributed by atoms with E-state index in [1.54, 1.807) is 11.3 Å². The molecule has 0 bridgehead atoms. The Labute approximate surface area is 75.8 Å². The number of aryl methyl sites for hydroxylation is 1. The lowest BCUT2D eigenvalue weighted by atomic mass is 10.4. The van der Waals surface area contributed by atoms with Gasteiger partial charge in [0.1, 0.15) is 0 Å². The van der Waals surface area contributed by atoms with Crippen LogP contribution >= 0.6 is 11.3 Å². The lowest BCUT2D eigenvalue weighted by Crippen LogP contribution is -2.08. The highest BCUT2D eigenvalue weighted by Crippen LogP contribution is 2.23. The smallest absolute Gasteiger partial charge is 0.0589 e. The molecular formula is C9H12N2S. The maximum absolute atomic E-state index is 3.16. The van der Waals surface area contributed by atoms with Crippen LogP contribution in [0.2, 0.25) is 0 Å². The summed E-state index contributed by atoms with van der Waals surface area (Å²) >= 11 is 1.80. The maximum atomic E-state index is 3.16. The zero-order chi connectivity index (χ0) is 8.55. The largest absolute Gasteiger partial charge is 0.346 e. The topological polar surface area (TPSA) is 17.0 Å². The van der Waals surface area contributed by atoms with Crippen molar-refractivity contribution in [1.82, 2.24) is 9.88 Å². The molecule has 0 atom stereocenters. The first-order valence-corrected chi connectivity index (χ1v) is 4.87. The van der Waals surface area contributed by atoms with Gasteiger partial charge >= 0.3 is 0 Å². The molecule has 0 unspecified atom stereocenters. The Kier molecular flexibility index (Phi) is 1.90. The molecule has 1 N–H and O–H groups in total. The minimum atomic E-state index is 0.942. The molecule has 2 aromatic rings. The van der Waals surface area contributed by atoms with Crippen LogP contribution in [0.25, 0.3) is 10.2 Å². The van der Waals surface area contributed by atoms with Crippen molar-refractivity contribution in [3.05, 3.63) is 23.2 Å². The predicted molar refractivity (Wildman–Crippen MR) is 53.6 cm³/mol. The molecular weight excluding hydrogens is 168 g/mol. The summed E-state index contributed by atoms with van der Waals surface area (Å²) in [5.74, 6) is 0. The third-order valence-electron chi connectivity index (χ3n) is 2.12. The van der Waals surface area contributed by atoms with Gasteiger partial charge in [-0.05, 0) is 24.6 Å². The highest BCUT2D eigenvalue weighted by atomic mass is 32.1. The van der Waals surface area contributed by atoms with Crippen LogP contribution in [0.5, 0.6) is 0 Å². The Balaban J connectivity index is 2.55. The fourth-order valence-electron chi connectivity index (χ4n) is 1.45. The van der Waals surface area contributed by atoms with E-state index in [2.05, 4.69) is 34.4 Å². The summed E-state index contributed by atoms with van der Waals surface area (Å²) in [5.41, 5.74) is 2.68. The van der Waals surface area contributed by atoms with Crippen molar-refractivity contribution in [3.63, 3.8) is 0 Å². The lowest BCUT2D eigenvalue weighted by Gasteiger charge is -2.01. The quantitative estimate of drug-likeness (QED) is 0.747. The number of rotatable bonds is 2. The van der Waals surface area contributed by atoms with Gasteiger partial charge in [0.2, 0.25) is 0 Å². The molecule has 64 valence electrons. The van der Waals surface area contributed by atoms with Crippen LogP contribution < -0.4 is 5.32 Å². The van der Waals surface area contributed by atoms with Gasteiger partial charge in [0.25, 0.3) is 0 Å². The molecule has 0 aliphatic carbocycles. The van der Waals surface area contributed by atoms with E-state index in [1.165, 1.54) is 15.9 Å². The van der Waals surface area contributed by atoms with Crippen molar-refractivity contribution in [2.45, 2.75) is 6.54 Å². The van der Waals surface area contributed by atoms with E-state index in [0.29, 0.717) is 0 Å². The van der Waals surface area contributed by atoms with Gasteiger partial charge in [-0.25, -0.2) is 0 Å². The Bertz CT molecular complexity index is 386. The summed E-state index contributed by atoms with van der Waals surface area (Å²) < 4.78 is 3.62. The van der Waals surface area contributed by atoms with Crippen LogP contribution in [0, 0.1) is 0 Å². The lowest BCUT2D eigenvalue weighted by molar-refractivity contribution is 0.745. The molecule has 0 fully saturated rings. The van der Waals surface area contributed by atoms with Gasteiger partial charge in [0.15, 0.2) is 0 Å². The van der Waals surface area contributed by atoms with Gasteiger partial charge in [-0.3, -0.25) is 0 Å². The van der Waals surface area contributed by atoms with Crippen LogP contribution in [-0.4, -0.2) is 11.6 Å². The fraction of sp³-hybridized carbons (Fsp3) is 0.333. The monoisotopic (exact) mass is 180 g/mol. The first kappa shape index (κ1) is 7.83. The molecule has 2 nitrogen and oxygen atoms in total. The fourth-order valence-corrected chi connectivity index (χ4v) is 2.33. The summed E-state index contributed by atoms with van der Waals surface area (Å²) in [6.07, 6.45) is 0. The molecule has 0 aliphatic rings. The molecule has 0 spiro atoms. The molecule has 0 aromatic carbocycles. The molecule has 12 heavy (non-hydrogen) atoms. The van der Waals surface area contributed by atoms with Crippen LogP contribution in [0.1, 0.15) is 5.69 Å². The van der Waals surface area contributed by atoms with Crippen molar-refractivity contribution >= 4 is 21.6 Å². The average Bonchev–Trinajstić information content (AvgIpc) is 2.58. The molecule has 2 rings (SSSR count). The Morgan fingerprint density at radius 1 is 1.58 bits per heavy atom. The van der Waals surface area contributed by atoms with Gasteiger partial charge in [0.05, 0.1) is 10.2 Å². The summed E-state index contributed by atoms with van der Waals surface area (Å²) in [4.78, 5) is 0. The minimum Gasteiger partial charge on any atom is -0.346 e. The van der Waals surface area contributed by atoms with Gasteiger partial charge in [0, 0.05) is 19.3 Å². The van der Waals surface area contributed by atoms with E-state index in [9.17, 15) is 0 Å². The highest BCUT2D eigenvalue weighted by molar-refractivity contribution is 7.17. The van der Waals surface area contributed by atoms with E-state index < -0.39 is 0 Å². The van der Waals surface area contributed by atoms with E-state index in [1.807, 2.05) is 7.05 Å². The molecule has 0 radical (unpaired) electrons. The van der Waals surface area contributed by atoms with E-state index in [0.717, 1.165) is 6.54 Å². The Hall–Kier alpha value is -0.800. The van der Waals surface area contributed by atoms with Gasteiger partial charge in [-0.1, -0.05) is 0 Å². The standard InChI is InChI=1S/C9H12N2S/c1-10-6-7-5-9-8(11(7)2)3-4-12-9/h3-5,10H,6H2,1-2H3. The molecule has 2 aromatic heterocycles. The molecule has 2 heterocycles. The second-order valence-electron chi connectivity index (χ2n) is 2.90. The molecule has 0 saturated heterocycles. The van der Waals surface area contributed by atoms with E-state index in [4.69, 9.17) is 0 Å². The summed E-state index contributed by atoms with van der Waals surface area (Å²) in [6.45, 7) is 0.942. The first-order valence-electron chi connectivity index (χ1n) is 3.99. The third-order valence-corrected chi connectivity index (χ3v) is 2.97. The second-order valence-corrected chi connectivity index (χ2v) is 3.84. The molecule has 0 aliphatic heterocycles. The van der Waals surface area contributed by atoms with Crippen LogP contribution in [0.15, 0.2) is 17.5 Å². The number of nitrogens with one attached hydrogen (secondary N) is 1. The van der Waals surface area contributed by atoms with Crippen molar-refractivity contribution in [1.29, 1.82) is 0 Å².